The highest BCUT2D eigenvalue weighted by Crippen LogP contribution is 2.18. The minimum absolute atomic E-state index is 0.136. The molecule has 1 saturated heterocycles. The molecule has 1 aromatic rings. The van der Waals surface area contributed by atoms with Gasteiger partial charge in [0.2, 0.25) is 0 Å². The fourth-order valence-corrected chi connectivity index (χ4v) is 2.13. The van der Waals surface area contributed by atoms with Gasteiger partial charge in [0.15, 0.2) is 0 Å². The summed E-state index contributed by atoms with van der Waals surface area (Å²) in [7, 11) is 0. The van der Waals surface area contributed by atoms with Gasteiger partial charge in [0, 0.05) is 36.3 Å². The third kappa shape index (κ3) is 3.11. The molecule has 0 aliphatic carbocycles. The predicted molar refractivity (Wildman–Crippen MR) is 67.2 cm³/mol. The Morgan fingerprint density at radius 1 is 1.59 bits per heavy atom. The van der Waals surface area contributed by atoms with E-state index in [1.54, 1.807) is 29.2 Å². The van der Waals surface area contributed by atoms with Crippen LogP contribution >= 0.6 is 11.6 Å². The summed E-state index contributed by atoms with van der Waals surface area (Å²) in [6.07, 6.45) is 0.861. The van der Waals surface area contributed by atoms with Crippen LogP contribution in [0.3, 0.4) is 0 Å². The van der Waals surface area contributed by atoms with Crippen LogP contribution in [0.25, 0.3) is 0 Å². The molecule has 17 heavy (non-hydrogen) atoms. The van der Waals surface area contributed by atoms with Crippen molar-refractivity contribution in [1.29, 1.82) is 0 Å². The number of likely N-dealkylation sites (tertiary alicyclic amines) is 1. The van der Waals surface area contributed by atoms with Crippen molar-refractivity contribution in [2.24, 2.45) is 5.92 Å². The Hall–Kier alpha value is -1.26. The fourth-order valence-electron chi connectivity index (χ4n) is 1.93. The smallest absolute Gasteiger partial charge is 0.321 e. The summed E-state index contributed by atoms with van der Waals surface area (Å²) in [4.78, 5) is 13.6. The molecule has 1 aliphatic heterocycles. The number of carbonyl (C=O) groups excluding carboxylic acids is 1. The topological polar surface area (TPSA) is 52.6 Å². The van der Waals surface area contributed by atoms with Crippen LogP contribution in [-0.4, -0.2) is 35.7 Å². The average Bonchev–Trinajstić information content (AvgIpc) is 2.77. The molecule has 1 aromatic carbocycles. The average molecular weight is 255 g/mol. The molecule has 0 aromatic heterocycles. The lowest BCUT2D eigenvalue weighted by atomic mass is 10.1. The van der Waals surface area contributed by atoms with E-state index >= 15 is 0 Å². The highest BCUT2D eigenvalue weighted by molar-refractivity contribution is 6.30. The summed E-state index contributed by atoms with van der Waals surface area (Å²) in [5, 5.41) is 12.4. The first-order chi connectivity index (χ1) is 8.19. The van der Waals surface area contributed by atoms with E-state index in [1.807, 2.05) is 0 Å². The highest BCUT2D eigenvalue weighted by Gasteiger charge is 2.25. The molecule has 0 spiro atoms. The zero-order chi connectivity index (χ0) is 12.3. The number of benzene rings is 1. The quantitative estimate of drug-likeness (QED) is 0.850. The lowest BCUT2D eigenvalue weighted by molar-refractivity contribution is 0.209. The predicted octanol–water partition coefficient (Wildman–Crippen LogP) is 2.19. The standard InChI is InChI=1S/C12H15ClN2O2/c13-10-2-1-3-11(6-10)14-12(17)15-5-4-9(7-15)8-16/h1-3,6,9,16H,4-5,7-8H2,(H,14,17). The molecule has 92 valence electrons. The molecule has 0 bridgehead atoms. The molecule has 1 heterocycles. The Balaban J connectivity index is 1.93. The van der Waals surface area contributed by atoms with Gasteiger partial charge in [-0.05, 0) is 24.6 Å². The summed E-state index contributed by atoms with van der Waals surface area (Å²) in [5.74, 6) is 0.208. The molecule has 2 amide bonds. The molecule has 0 saturated carbocycles. The number of amides is 2. The normalized spacial score (nSPS) is 19.4. The first-order valence-electron chi connectivity index (χ1n) is 5.61. The number of nitrogens with one attached hydrogen (secondary N) is 1. The van der Waals surface area contributed by atoms with Gasteiger partial charge in [-0.25, -0.2) is 4.79 Å². The van der Waals surface area contributed by atoms with Gasteiger partial charge >= 0.3 is 6.03 Å². The van der Waals surface area contributed by atoms with Crippen LogP contribution in [0, 0.1) is 5.92 Å². The van der Waals surface area contributed by atoms with Crippen LogP contribution < -0.4 is 5.32 Å². The van der Waals surface area contributed by atoms with Gasteiger partial charge in [0.1, 0.15) is 0 Å². The van der Waals surface area contributed by atoms with Crippen molar-refractivity contribution < 1.29 is 9.90 Å². The van der Waals surface area contributed by atoms with E-state index in [2.05, 4.69) is 5.32 Å². The third-order valence-corrected chi connectivity index (χ3v) is 3.14. The van der Waals surface area contributed by atoms with Crippen LogP contribution in [0.4, 0.5) is 10.5 Å². The largest absolute Gasteiger partial charge is 0.396 e. The molecule has 0 radical (unpaired) electrons. The second kappa shape index (κ2) is 5.38. The van der Waals surface area contributed by atoms with Crippen molar-refractivity contribution in [2.45, 2.75) is 6.42 Å². The van der Waals surface area contributed by atoms with Crippen molar-refractivity contribution in [3.05, 3.63) is 29.3 Å². The summed E-state index contributed by atoms with van der Waals surface area (Å²) in [5.41, 5.74) is 0.690. The van der Waals surface area contributed by atoms with Crippen LogP contribution in [0.15, 0.2) is 24.3 Å². The van der Waals surface area contributed by atoms with E-state index in [0.29, 0.717) is 23.8 Å². The number of anilines is 1. The minimum Gasteiger partial charge on any atom is -0.396 e. The van der Waals surface area contributed by atoms with Gasteiger partial charge < -0.3 is 15.3 Å². The zero-order valence-electron chi connectivity index (χ0n) is 9.40. The molecule has 2 N–H and O–H groups in total. The summed E-state index contributed by atoms with van der Waals surface area (Å²) >= 11 is 5.84. The number of urea groups is 1. The first kappa shape index (κ1) is 12.2. The molecule has 1 atom stereocenters. The first-order valence-corrected chi connectivity index (χ1v) is 5.99. The summed E-state index contributed by atoms with van der Waals surface area (Å²) in [6, 6.07) is 6.92. The van der Waals surface area contributed by atoms with Gasteiger partial charge in [-0.15, -0.1) is 0 Å². The Kier molecular flexibility index (Phi) is 3.86. The van der Waals surface area contributed by atoms with Crippen molar-refractivity contribution in [3.8, 4) is 0 Å². The summed E-state index contributed by atoms with van der Waals surface area (Å²) in [6.45, 7) is 1.45. The van der Waals surface area contributed by atoms with Crippen molar-refractivity contribution in [3.63, 3.8) is 0 Å². The number of aliphatic hydroxyl groups excluding tert-OH is 1. The molecular formula is C12H15ClN2O2. The fraction of sp³-hybridized carbons (Fsp3) is 0.417. The van der Waals surface area contributed by atoms with E-state index in [9.17, 15) is 4.79 Å². The number of rotatable bonds is 2. The molecule has 4 nitrogen and oxygen atoms in total. The van der Waals surface area contributed by atoms with Crippen LogP contribution in [0.5, 0.6) is 0 Å². The number of halogens is 1. The SMILES string of the molecule is O=C(Nc1cccc(Cl)c1)N1CCC(CO)C1. The lowest BCUT2D eigenvalue weighted by Crippen LogP contribution is -2.33. The maximum Gasteiger partial charge on any atom is 0.321 e. The van der Waals surface area contributed by atoms with E-state index in [-0.39, 0.29) is 18.6 Å². The Morgan fingerprint density at radius 3 is 3.06 bits per heavy atom. The number of hydrogen-bond donors (Lipinski definition) is 2. The minimum atomic E-state index is -0.136. The Morgan fingerprint density at radius 2 is 2.41 bits per heavy atom. The maximum absolute atomic E-state index is 11.9. The molecule has 1 fully saturated rings. The van der Waals surface area contributed by atoms with Crippen LogP contribution in [0.2, 0.25) is 5.02 Å². The molecule has 1 aliphatic rings. The van der Waals surface area contributed by atoms with Gasteiger partial charge in [0.05, 0.1) is 0 Å². The number of aliphatic hydroxyl groups is 1. The Labute approximate surface area is 105 Å². The van der Waals surface area contributed by atoms with Crippen LogP contribution in [-0.2, 0) is 0 Å². The second-order valence-electron chi connectivity index (χ2n) is 4.22. The molecule has 1 unspecified atom stereocenters. The van der Waals surface area contributed by atoms with E-state index in [1.165, 1.54) is 0 Å². The third-order valence-electron chi connectivity index (χ3n) is 2.91. The van der Waals surface area contributed by atoms with E-state index in [0.717, 1.165) is 6.42 Å². The number of hydrogen-bond acceptors (Lipinski definition) is 2. The van der Waals surface area contributed by atoms with Gasteiger partial charge in [-0.2, -0.15) is 0 Å². The maximum atomic E-state index is 11.9. The zero-order valence-corrected chi connectivity index (χ0v) is 10.2. The second-order valence-corrected chi connectivity index (χ2v) is 4.66. The monoisotopic (exact) mass is 254 g/mol. The van der Waals surface area contributed by atoms with Crippen molar-refractivity contribution in [1.82, 2.24) is 4.90 Å². The highest BCUT2D eigenvalue weighted by atomic mass is 35.5. The summed E-state index contributed by atoms with van der Waals surface area (Å²) < 4.78 is 0. The van der Waals surface area contributed by atoms with Crippen molar-refractivity contribution >= 4 is 23.3 Å². The molecule has 5 heteroatoms. The van der Waals surface area contributed by atoms with Gasteiger partial charge in [0.25, 0.3) is 0 Å². The van der Waals surface area contributed by atoms with Gasteiger partial charge in [-0.3, -0.25) is 0 Å². The molecule has 2 rings (SSSR count). The molecular weight excluding hydrogens is 240 g/mol. The number of carbonyl (C=O) groups is 1. The van der Waals surface area contributed by atoms with Gasteiger partial charge in [-0.1, -0.05) is 17.7 Å². The van der Waals surface area contributed by atoms with E-state index in [4.69, 9.17) is 16.7 Å². The van der Waals surface area contributed by atoms with Crippen molar-refractivity contribution in [2.75, 3.05) is 25.0 Å². The van der Waals surface area contributed by atoms with E-state index < -0.39 is 0 Å². The Bertz CT molecular complexity index is 411. The lowest BCUT2D eigenvalue weighted by Gasteiger charge is -2.17. The van der Waals surface area contributed by atoms with Crippen LogP contribution in [0.1, 0.15) is 6.42 Å². The number of nitrogens with zero attached hydrogens (tertiary/aromatic N) is 1.